The molecule has 0 atom stereocenters. The van der Waals surface area contributed by atoms with E-state index in [2.05, 4.69) is 21.2 Å². The number of hydrogen-bond donors (Lipinski definition) is 1. The second-order valence-electron chi connectivity index (χ2n) is 5.43. The van der Waals surface area contributed by atoms with Crippen molar-refractivity contribution in [2.75, 3.05) is 13.2 Å². The van der Waals surface area contributed by atoms with Crippen LogP contribution in [0.15, 0.2) is 28.7 Å². The summed E-state index contributed by atoms with van der Waals surface area (Å²) in [4.78, 5) is 23.1. The Morgan fingerprint density at radius 2 is 1.81 bits per heavy atom. The Labute approximate surface area is 133 Å². The Balaban J connectivity index is 2.18. The number of amides is 1. The number of alkyl carbamates (subject to hydrolysis) is 1. The summed E-state index contributed by atoms with van der Waals surface area (Å²) >= 11 is 3.30. The van der Waals surface area contributed by atoms with Gasteiger partial charge in [-0.2, -0.15) is 0 Å². The van der Waals surface area contributed by atoms with Crippen molar-refractivity contribution in [1.82, 2.24) is 5.32 Å². The van der Waals surface area contributed by atoms with Crippen molar-refractivity contribution in [3.63, 3.8) is 0 Å². The van der Waals surface area contributed by atoms with Crippen LogP contribution < -0.4 is 5.32 Å². The van der Waals surface area contributed by atoms with E-state index >= 15 is 0 Å². The molecule has 0 aromatic heterocycles. The Morgan fingerprint density at radius 3 is 2.38 bits per heavy atom. The van der Waals surface area contributed by atoms with Crippen LogP contribution in [0.25, 0.3) is 0 Å². The van der Waals surface area contributed by atoms with Gasteiger partial charge in [0, 0.05) is 11.0 Å². The summed E-state index contributed by atoms with van der Waals surface area (Å²) in [7, 11) is 0. The molecule has 0 heterocycles. The SMILES string of the molecule is CC(C)(C)OC(=O)NCCCOC(=O)c1ccc(Br)cc1. The van der Waals surface area contributed by atoms with Crippen molar-refractivity contribution in [2.45, 2.75) is 32.8 Å². The maximum atomic E-state index is 11.7. The van der Waals surface area contributed by atoms with E-state index in [4.69, 9.17) is 9.47 Å². The number of benzene rings is 1. The number of carbonyl (C=O) groups is 2. The molecule has 0 radical (unpaired) electrons. The van der Waals surface area contributed by atoms with Crippen LogP contribution in [0.4, 0.5) is 4.79 Å². The van der Waals surface area contributed by atoms with Gasteiger partial charge in [0.2, 0.25) is 0 Å². The summed E-state index contributed by atoms with van der Waals surface area (Å²) in [5.74, 6) is -0.375. The van der Waals surface area contributed by atoms with Crippen molar-refractivity contribution in [3.05, 3.63) is 34.3 Å². The quantitative estimate of drug-likeness (QED) is 0.646. The number of carbonyl (C=O) groups excluding carboxylic acids is 2. The first-order chi connectivity index (χ1) is 9.78. The molecule has 0 aliphatic rings. The summed E-state index contributed by atoms with van der Waals surface area (Å²) in [6.45, 7) is 6.03. The van der Waals surface area contributed by atoms with Crippen LogP contribution in [0.5, 0.6) is 0 Å². The van der Waals surface area contributed by atoms with E-state index in [1.54, 1.807) is 45.0 Å². The van der Waals surface area contributed by atoms with Gasteiger partial charge >= 0.3 is 12.1 Å². The van der Waals surface area contributed by atoms with Crippen molar-refractivity contribution in [3.8, 4) is 0 Å². The first-order valence-corrected chi connectivity index (χ1v) is 7.47. The molecule has 21 heavy (non-hydrogen) atoms. The molecule has 1 aromatic carbocycles. The third-order valence-corrected chi connectivity index (χ3v) is 2.83. The number of hydrogen-bond acceptors (Lipinski definition) is 4. The lowest BCUT2D eigenvalue weighted by Crippen LogP contribution is -2.33. The van der Waals surface area contributed by atoms with Crippen molar-refractivity contribution >= 4 is 28.0 Å². The van der Waals surface area contributed by atoms with Gasteiger partial charge in [-0.3, -0.25) is 0 Å². The lowest BCUT2D eigenvalue weighted by atomic mass is 10.2. The average Bonchev–Trinajstić information content (AvgIpc) is 2.36. The third-order valence-electron chi connectivity index (χ3n) is 2.30. The first kappa shape index (κ1) is 17.5. The summed E-state index contributed by atoms with van der Waals surface area (Å²) < 4.78 is 11.1. The molecule has 0 saturated carbocycles. The summed E-state index contributed by atoms with van der Waals surface area (Å²) in [5, 5.41) is 2.60. The fraction of sp³-hybridized carbons (Fsp3) is 0.467. The Bertz CT molecular complexity index is 479. The van der Waals surface area contributed by atoms with Crippen LogP contribution in [0.3, 0.4) is 0 Å². The van der Waals surface area contributed by atoms with Gasteiger partial charge in [0.1, 0.15) is 5.60 Å². The minimum Gasteiger partial charge on any atom is -0.462 e. The lowest BCUT2D eigenvalue weighted by Gasteiger charge is -2.19. The maximum absolute atomic E-state index is 11.7. The molecule has 5 nitrogen and oxygen atoms in total. The normalized spacial score (nSPS) is 10.9. The maximum Gasteiger partial charge on any atom is 0.407 e. The van der Waals surface area contributed by atoms with E-state index in [9.17, 15) is 9.59 Å². The predicted molar refractivity (Wildman–Crippen MR) is 83.3 cm³/mol. The molecule has 0 unspecified atom stereocenters. The fourth-order valence-electron chi connectivity index (χ4n) is 1.41. The van der Waals surface area contributed by atoms with Crippen molar-refractivity contribution < 1.29 is 19.1 Å². The van der Waals surface area contributed by atoms with Gasteiger partial charge in [-0.25, -0.2) is 9.59 Å². The molecule has 0 fully saturated rings. The van der Waals surface area contributed by atoms with E-state index in [0.29, 0.717) is 18.5 Å². The minimum atomic E-state index is -0.516. The van der Waals surface area contributed by atoms with Crippen molar-refractivity contribution in [1.29, 1.82) is 0 Å². The number of esters is 1. The van der Waals surface area contributed by atoms with Crippen LogP contribution >= 0.6 is 15.9 Å². The smallest absolute Gasteiger partial charge is 0.407 e. The number of rotatable bonds is 5. The molecule has 6 heteroatoms. The Hall–Kier alpha value is -1.56. The molecular formula is C15H20BrNO4. The highest BCUT2D eigenvalue weighted by Gasteiger charge is 2.15. The van der Waals surface area contributed by atoms with Crippen LogP contribution in [-0.2, 0) is 9.47 Å². The monoisotopic (exact) mass is 357 g/mol. The van der Waals surface area contributed by atoms with Gasteiger partial charge in [0.25, 0.3) is 0 Å². The van der Waals surface area contributed by atoms with Gasteiger partial charge in [-0.05, 0) is 51.5 Å². The molecule has 0 bridgehead atoms. The van der Waals surface area contributed by atoms with Gasteiger partial charge in [-0.1, -0.05) is 15.9 Å². The lowest BCUT2D eigenvalue weighted by molar-refractivity contribution is 0.0483. The zero-order valence-electron chi connectivity index (χ0n) is 12.4. The van der Waals surface area contributed by atoms with Gasteiger partial charge in [-0.15, -0.1) is 0 Å². The molecule has 0 spiro atoms. The number of halogens is 1. The van der Waals surface area contributed by atoms with Crippen LogP contribution in [-0.4, -0.2) is 30.8 Å². The molecule has 116 valence electrons. The van der Waals surface area contributed by atoms with Crippen LogP contribution in [0, 0.1) is 0 Å². The predicted octanol–water partition coefficient (Wildman–Crippen LogP) is 3.52. The molecule has 1 rings (SSSR count). The summed E-state index contributed by atoms with van der Waals surface area (Å²) in [6, 6.07) is 6.93. The number of nitrogens with one attached hydrogen (secondary N) is 1. The van der Waals surface area contributed by atoms with E-state index in [-0.39, 0.29) is 12.6 Å². The Kier molecular flexibility index (Phi) is 6.68. The van der Waals surface area contributed by atoms with Crippen LogP contribution in [0.2, 0.25) is 0 Å². The largest absolute Gasteiger partial charge is 0.462 e. The highest BCUT2D eigenvalue weighted by atomic mass is 79.9. The van der Waals surface area contributed by atoms with E-state index < -0.39 is 11.7 Å². The minimum absolute atomic E-state index is 0.241. The topological polar surface area (TPSA) is 64.6 Å². The first-order valence-electron chi connectivity index (χ1n) is 6.67. The molecular weight excluding hydrogens is 338 g/mol. The third kappa shape index (κ3) is 7.70. The molecule has 1 aromatic rings. The Morgan fingerprint density at radius 1 is 1.19 bits per heavy atom. The van der Waals surface area contributed by atoms with Gasteiger partial charge in [0.05, 0.1) is 12.2 Å². The number of ether oxygens (including phenoxy) is 2. The second-order valence-corrected chi connectivity index (χ2v) is 6.34. The summed E-state index contributed by atoms with van der Waals surface area (Å²) in [5.41, 5.74) is -0.0173. The zero-order valence-corrected chi connectivity index (χ0v) is 14.0. The van der Waals surface area contributed by atoms with E-state index in [1.807, 2.05) is 0 Å². The molecule has 0 aliphatic heterocycles. The van der Waals surface area contributed by atoms with Gasteiger partial charge < -0.3 is 14.8 Å². The average molecular weight is 358 g/mol. The molecule has 1 amide bonds. The van der Waals surface area contributed by atoms with Gasteiger partial charge in [0.15, 0.2) is 0 Å². The molecule has 0 aliphatic carbocycles. The van der Waals surface area contributed by atoms with E-state index in [1.165, 1.54) is 0 Å². The van der Waals surface area contributed by atoms with Crippen LogP contribution in [0.1, 0.15) is 37.6 Å². The molecule has 1 N–H and O–H groups in total. The van der Waals surface area contributed by atoms with Crippen molar-refractivity contribution in [2.24, 2.45) is 0 Å². The fourth-order valence-corrected chi connectivity index (χ4v) is 1.68. The highest BCUT2D eigenvalue weighted by molar-refractivity contribution is 9.10. The zero-order chi connectivity index (χ0) is 15.9. The second kappa shape index (κ2) is 8.02. The standard InChI is InChI=1S/C15H20BrNO4/c1-15(2,3)21-14(19)17-9-4-10-20-13(18)11-5-7-12(16)8-6-11/h5-8H,4,9-10H2,1-3H3,(H,17,19). The highest BCUT2D eigenvalue weighted by Crippen LogP contribution is 2.11. The summed E-state index contributed by atoms with van der Waals surface area (Å²) in [6.07, 6.45) is 0.0587. The molecule has 0 saturated heterocycles. The van der Waals surface area contributed by atoms with E-state index in [0.717, 1.165) is 4.47 Å².